The van der Waals surface area contributed by atoms with E-state index in [9.17, 15) is 22.8 Å². The summed E-state index contributed by atoms with van der Waals surface area (Å²) in [6, 6.07) is 9.00. The molecule has 0 unspecified atom stereocenters. The van der Waals surface area contributed by atoms with E-state index in [4.69, 9.17) is 0 Å². The van der Waals surface area contributed by atoms with Gasteiger partial charge < -0.3 is 20.0 Å². The number of anilines is 1. The van der Waals surface area contributed by atoms with Gasteiger partial charge >= 0.3 is 6.36 Å². The number of aromatic nitrogens is 2. The SMILES string of the molecule is CC(C)(C)c1cc2cc[nH]c2cc1NC(=O)c1c[nH]c2cc(OC(F)(F)F)ccc2c1=O. The van der Waals surface area contributed by atoms with Gasteiger partial charge in [-0.1, -0.05) is 20.8 Å². The van der Waals surface area contributed by atoms with E-state index in [1.807, 2.05) is 39.0 Å². The third kappa shape index (κ3) is 4.18. The Morgan fingerprint density at radius 1 is 1.00 bits per heavy atom. The molecule has 0 bridgehead atoms. The quantitative estimate of drug-likeness (QED) is 0.393. The van der Waals surface area contributed by atoms with E-state index >= 15 is 0 Å². The first-order chi connectivity index (χ1) is 14.9. The number of nitrogens with one attached hydrogen (secondary N) is 3. The molecule has 32 heavy (non-hydrogen) atoms. The predicted molar refractivity (Wildman–Crippen MR) is 116 cm³/mol. The molecular formula is C23H20F3N3O3. The van der Waals surface area contributed by atoms with E-state index in [0.29, 0.717) is 5.69 Å². The Hall–Kier alpha value is -3.75. The van der Waals surface area contributed by atoms with Crippen LogP contribution in [0.4, 0.5) is 18.9 Å². The first kappa shape index (κ1) is 21.5. The van der Waals surface area contributed by atoms with Gasteiger partial charge in [0.25, 0.3) is 5.91 Å². The summed E-state index contributed by atoms with van der Waals surface area (Å²) in [5, 5.41) is 3.88. The molecule has 4 aromatic rings. The van der Waals surface area contributed by atoms with E-state index < -0.39 is 23.4 Å². The highest BCUT2D eigenvalue weighted by Crippen LogP contribution is 2.33. The Balaban J connectivity index is 1.71. The minimum absolute atomic E-state index is 0.0723. The van der Waals surface area contributed by atoms with E-state index in [1.165, 1.54) is 12.3 Å². The van der Waals surface area contributed by atoms with Gasteiger partial charge in [0.05, 0.1) is 5.52 Å². The summed E-state index contributed by atoms with van der Waals surface area (Å²) >= 11 is 0. The van der Waals surface area contributed by atoms with Crippen LogP contribution in [0.15, 0.2) is 53.6 Å². The molecule has 0 aliphatic heterocycles. The average Bonchev–Trinajstić information content (AvgIpc) is 3.13. The second-order valence-electron chi connectivity index (χ2n) is 8.45. The van der Waals surface area contributed by atoms with E-state index in [-0.39, 0.29) is 21.9 Å². The Bertz CT molecular complexity index is 1400. The van der Waals surface area contributed by atoms with Crippen molar-refractivity contribution in [2.24, 2.45) is 0 Å². The van der Waals surface area contributed by atoms with Gasteiger partial charge in [-0.25, -0.2) is 0 Å². The van der Waals surface area contributed by atoms with Crippen molar-refractivity contribution >= 4 is 33.4 Å². The molecule has 166 valence electrons. The highest BCUT2D eigenvalue weighted by atomic mass is 19.4. The second kappa shape index (κ2) is 7.44. The molecule has 4 rings (SSSR count). The summed E-state index contributed by atoms with van der Waals surface area (Å²) in [6.45, 7) is 6.04. The molecule has 3 N–H and O–H groups in total. The monoisotopic (exact) mass is 443 g/mol. The summed E-state index contributed by atoms with van der Waals surface area (Å²) in [5.41, 5.74) is 1.37. The van der Waals surface area contributed by atoms with Gasteiger partial charge in [0.1, 0.15) is 11.3 Å². The molecule has 2 aromatic carbocycles. The lowest BCUT2D eigenvalue weighted by Crippen LogP contribution is -2.24. The molecule has 0 fully saturated rings. The molecule has 9 heteroatoms. The van der Waals surface area contributed by atoms with Crippen LogP contribution in [0.5, 0.6) is 5.75 Å². The fraction of sp³-hybridized carbons (Fsp3) is 0.217. The standard InChI is InChI=1S/C23H20F3N3O3/c1-22(2,3)16-8-12-6-7-27-17(12)10-19(16)29-21(31)15-11-28-18-9-13(32-23(24,25)26)4-5-14(18)20(15)30/h4-11,27H,1-3H3,(H,28,30)(H,29,31). The number of hydrogen-bond donors (Lipinski definition) is 3. The fourth-order valence-corrected chi connectivity index (χ4v) is 3.58. The molecule has 1 amide bonds. The van der Waals surface area contributed by atoms with Crippen molar-refractivity contribution in [1.82, 2.24) is 9.97 Å². The average molecular weight is 443 g/mol. The van der Waals surface area contributed by atoms with Crippen molar-refractivity contribution in [2.75, 3.05) is 5.32 Å². The number of halogens is 3. The molecule has 0 aliphatic carbocycles. The van der Waals surface area contributed by atoms with E-state index in [1.54, 1.807) is 6.20 Å². The number of benzene rings is 2. The second-order valence-corrected chi connectivity index (χ2v) is 8.45. The van der Waals surface area contributed by atoms with E-state index in [0.717, 1.165) is 28.6 Å². The number of hydrogen-bond acceptors (Lipinski definition) is 3. The number of aromatic amines is 2. The van der Waals surface area contributed by atoms with Crippen LogP contribution in [0.3, 0.4) is 0 Å². The summed E-state index contributed by atoms with van der Waals surface area (Å²) in [6.07, 6.45) is -1.87. The number of carbonyl (C=O) groups is 1. The van der Waals surface area contributed by atoms with Gasteiger partial charge in [0, 0.05) is 35.1 Å². The fourth-order valence-electron chi connectivity index (χ4n) is 3.58. The lowest BCUT2D eigenvalue weighted by Gasteiger charge is -2.23. The number of pyridine rings is 1. The van der Waals surface area contributed by atoms with Crippen molar-refractivity contribution < 1.29 is 22.7 Å². The first-order valence-electron chi connectivity index (χ1n) is 9.76. The van der Waals surface area contributed by atoms with Gasteiger partial charge in [-0.05, 0) is 46.7 Å². The van der Waals surface area contributed by atoms with Crippen LogP contribution >= 0.6 is 0 Å². The van der Waals surface area contributed by atoms with Crippen molar-refractivity contribution in [2.45, 2.75) is 32.5 Å². The van der Waals surface area contributed by atoms with Crippen LogP contribution < -0.4 is 15.5 Å². The highest BCUT2D eigenvalue weighted by Gasteiger charge is 2.31. The van der Waals surface area contributed by atoms with Crippen LogP contribution in [0.1, 0.15) is 36.7 Å². The van der Waals surface area contributed by atoms with Gasteiger partial charge in [0.15, 0.2) is 0 Å². The molecule has 0 atom stereocenters. The minimum Gasteiger partial charge on any atom is -0.406 e. The summed E-state index contributed by atoms with van der Waals surface area (Å²) < 4.78 is 41.2. The first-order valence-corrected chi connectivity index (χ1v) is 9.76. The number of amides is 1. The highest BCUT2D eigenvalue weighted by molar-refractivity contribution is 6.07. The smallest absolute Gasteiger partial charge is 0.406 e. The largest absolute Gasteiger partial charge is 0.573 e. The van der Waals surface area contributed by atoms with Crippen LogP contribution in [0, 0.1) is 0 Å². The molecular weight excluding hydrogens is 423 g/mol. The molecule has 6 nitrogen and oxygen atoms in total. The number of ether oxygens (including phenoxy) is 1. The lowest BCUT2D eigenvalue weighted by molar-refractivity contribution is -0.274. The zero-order valence-corrected chi connectivity index (χ0v) is 17.5. The zero-order chi connectivity index (χ0) is 23.3. The number of carbonyl (C=O) groups excluding carboxylic acids is 1. The topological polar surface area (TPSA) is 87.0 Å². The Labute approximate surface area is 180 Å². The van der Waals surface area contributed by atoms with Crippen molar-refractivity contribution in [3.8, 4) is 5.75 Å². The van der Waals surface area contributed by atoms with Crippen molar-refractivity contribution in [3.63, 3.8) is 0 Å². The Morgan fingerprint density at radius 2 is 1.75 bits per heavy atom. The molecule has 0 saturated heterocycles. The maximum absolute atomic E-state index is 13.0. The molecule has 0 spiro atoms. The zero-order valence-electron chi connectivity index (χ0n) is 17.5. The minimum atomic E-state index is -4.85. The van der Waals surface area contributed by atoms with Gasteiger partial charge in [-0.3, -0.25) is 9.59 Å². The molecule has 0 aliphatic rings. The van der Waals surface area contributed by atoms with Crippen LogP contribution in [0.2, 0.25) is 0 Å². The Kier molecular flexibility index (Phi) is 4.99. The Morgan fingerprint density at radius 3 is 2.44 bits per heavy atom. The number of rotatable bonds is 3. The third-order valence-corrected chi connectivity index (χ3v) is 5.08. The molecule has 0 radical (unpaired) electrons. The van der Waals surface area contributed by atoms with Crippen LogP contribution in [-0.2, 0) is 5.41 Å². The summed E-state index contributed by atoms with van der Waals surface area (Å²) in [4.78, 5) is 31.6. The maximum atomic E-state index is 13.0. The molecule has 2 heterocycles. The summed E-state index contributed by atoms with van der Waals surface area (Å²) in [5.74, 6) is -1.09. The molecule has 0 saturated carbocycles. The molecule has 2 aromatic heterocycles. The van der Waals surface area contributed by atoms with Crippen LogP contribution in [-0.4, -0.2) is 22.2 Å². The van der Waals surface area contributed by atoms with Crippen LogP contribution in [0.25, 0.3) is 21.8 Å². The predicted octanol–water partition coefficient (Wildman–Crippen LogP) is 5.46. The van der Waals surface area contributed by atoms with Crippen molar-refractivity contribution in [1.29, 1.82) is 0 Å². The number of alkyl halides is 3. The normalized spacial score (nSPS) is 12.3. The number of fused-ring (bicyclic) bond motifs is 2. The van der Waals surface area contributed by atoms with E-state index in [2.05, 4.69) is 20.0 Å². The van der Waals surface area contributed by atoms with Gasteiger partial charge in [-0.2, -0.15) is 0 Å². The maximum Gasteiger partial charge on any atom is 0.573 e. The summed E-state index contributed by atoms with van der Waals surface area (Å²) in [7, 11) is 0. The van der Waals surface area contributed by atoms with Gasteiger partial charge in [-0.15, -0.1) is 13.2 Å². The lowest BCUT2D eigenvalue weighted by atomic mass is 9.85. The number of H-pyrrole nitrogens is 2. The van der Waals surface area contributed by atoms with Gasteiger partial charge in [0.2, 0.25) is 5.43 Å². The third-order valence-electron chi connectivity index (χ3n) is 5.08. The van der Waals surface area contributed by atoms with Crippen molar-refractivity contribution in [3.05, 3.63) is 70.1 Å².